The van der Waals surface area contributed by atoms with Crippen LogP contribution in [0.1, 0.15) is 11.1 Å². The molecule has 1 aromatic heterocycles. The third kappa shape index (κ3) is 4.91. The van der Waals surface area contributed by atoms with E-state index in [0.29, 0.717) is 0 Å². The summed E-state index contributed by atoms with van der Waals surface area (Å²) >= 11 is 0. The lowest BCUT2D eigenvalue weighted by atomic mass is 10.1. The van der Waals surface area contributed by atoms with Crippen molar-refractivity contribution >= 4 is 17.3 Å². The Hall–Kier alpha value is -2.18. The number of nitrogens with one attached hydrogen (secondary N) is 2. The quantitative estimate of drug-likeness (QED) is 0.850. The Morgan fingerprint density at radius 2 is 1.71 bits per heavy atom. The molecule has 1 saturated heterocycles. The Kier molecular flexibility index (Phi) is 5.61. The Bertz CT molecular complexity index is 650. The monoisotopic (exact) mass is 327 g/mol. The summed E-state index contributed by atoms with van der Waals surface area (Å²) in [5.74, 6) is 1.63. The van der Waals surface area contributed by atoms with Crippen molar-refractivity contribution in [3.63, 3.8) is 0 Å². The van der Waals surface area contributed by atoms with Crippen LogP contribution in [0.3, 0.4) is 0 Å². The van der Waals surface area contributed by atoms with Crippen molar-refractivity contribution in [2.24, 2.45) is 0 Å². The van der Waals surface area contributed by atoms with Gasteiger partial charge >= 0.3 is 0 Å². The van der Waals surface area contributed by atoms with Gasteiger partial charge < -0.3 is 15.4 Å². The van der Waals surface area contributed by atoms with Gasteiger partial charge in [0, 0.05) is 37.9 Å². The van der Waals surface area contributed by atoms with Gasteiger partial charge in [0.1, 0.15) is 18.0 Å². The fourth-order valence-electron chi connectivity index (χ4n) is 2.88. The molecular weight excluding hydrogens is 302 g/mol. The van der Waals surface area contributed by atoms with Crippen LogP contribution in [0.15, 0.2) is 30.6 Å². The van der Waals surface area contributed by atoms with Gasteiger partial charge in [-0.25, -0.2) is 9.97 Å². The summed E-state index contributed by atoms with van der Waals surface area (Å²) in [4.78, 5) is 11.0. The Balaban J connectivity index is 1.55. The number of anilines is 3. The van der Waals surface area contributed by atoms with Gasteiger partial charge in [0.15, 0.2) is 0 Å². The Labute approximate surface area is 143 Å². The topological polar surface area (TPSA) is 62.3 Å². The van der Waals surface area contributed by atoms with Gasteiger partial charge in [-0.05, 0) is 37.1 Å². The smallest absolute Gasteiger partial charge is 0.135 e. The van der Waals surface area contributed by atoms with Crippen molar-refractivity contribution in [3.05, 3.63) is 41.7 Å². The fraction of sp³-hybridized carbons (Fsp3) is 0.444. The zero-order valence-electron chi connectivity index (χ0n) is 14.4. The average molecular weight is 327 g/mol. The van der Waals surface area contributed by atoms with Crippen LogP contribution in [-0.4, -0.2) is 54.3 Å². The lowest BCUT2D eigenvalue weighted by Gasteiger charge is -2.26. The number of morpholine rings is 1. The number of aromatic nitrogens is 2. The lowest BCUT2D eigenvalue weighted by molar-refractivity contribution is 0.0398. The highest BCUT2D eigenvalue weighted by molar-refractivity contribution is 5.60. The Morgan fingerprint density at radius 1 is 1.00 bits per heavy atom. The van der Waals surface area contributed by atoms with Crippen LogP contribution >= 0.6 is 0 Å². The minimum absolute atomic E-state index is 0.795. The average Bonchev–Trinajstić information content (AvgIpc) is 2.55. The molecule has 2 heterocycles. The van der Waals surface area contributed by atoms with Gasteiger partial charge in [-0.2, -0.15) is 0 Å². The number of aryl methyl sites for hydroxylation is 2. The molecule has 1 aliphatic rings. The second kappa shape index (κ2) is 8.08. The normalized spacial score (nSPS) is 15.2. The van der Waals surface area contributed by atoms with Crippen LogP contribution < -0.4 is 10.6 Å². The van der Waals surface area contributed by atoms with Crippen molar-refractivity contribution < 1.29 is 4.74 Å². The van der Waals surface area contributed by atoms with E-state index in [1.165, 1.54) is 11.1 Å². The van der Waals surface area contributed by atoms with Crippen molar-refractivity contribution in [2.45, 2.75) is 13.8 Å². The molecule has 1 aromatic carbocycles. The number of hydrogen-bond donors (Lipinski definition) is 2. The van der Waals surface area contributed by atoms with Crippen LogP contribution in [-0.2, 0) is 4.74 Å². The molecule has 0 spiro atoms. The molecule has 0 saturated carbocycles. The second-order valence-electron chi connectivity index (χ2n) is 6.17. The Morgan fingerprint density at radius 3 is 2.46 bits per heavy atom. The van der Waals surface area contributed by atoms with Gasteiger partial charge in [0.2, 0.25) is 0 Å². The van der Waals surface area contributed by atoms with Crippen molar-refractivity contribution in [3.8, 4) is 0 Å². The predicted molar refractivity (Wildman–Crippen MR) is 97.0 cm³/mol. The number of hydrogen-bond acceptors (Lipinski definition) is 6. The molecule has 0 unspecified atom stereocenters. The summed E-state index contributed by atoms with van der Waals surface area (Å²) in [6.07, 6.45) is 1.59. The maximum atomic E-state index is 5.36. The van der Waals surface area contributed by atoms with Crippen molar-refractivity contribution in [1.29, 1.82) is 0 Å². The first-order valence-electron chi connectivity index (χ1n) is 8.40. The second-order valence-corrected chi connectivity index (χ2v) is 6.17. The summed E-state index contributed by atoms with van der Waals surface area (Å²) < 4.78 is 5.36. The first kappa shape index (κ1) is 16.7. The van der Waals surface area contributed by atoms with E-state index in [0.717, 1.165) is 56.7 Å². The highest BCUT2D eigenvalue weighted by Crippen LogP contribution is 2.19. The highest BCUT2D eigenvalue weighted by Gasteiger charge is 2.09. The zero-order valence-corrected chi connectivity index (χ0v) is 14.4. The van der Waals surface area contributed by atoms with E-state index in [1.807, 2.05) is 6.07 Å². The molecule has 24 heavy (non-hydrogen) atoms. The molecule has 2 N–H and O–H groups in total. The number of nitrogens with zero attached hydrogens (tertiary/aromatic N) is 3. The summed E-state index contributed by atoms with van der Waals surface area (Å²) in [6, 6.07) is 8.32. The minimum atomic E-state index is 0.795. The third-order valence-corrected chi connectivity index (χ3v) is 4.00. The summed E-state index contributed by atoms with van der Waals surface area (Å²) in [6.45, 7) is 9.71. The van der Waals surface area contributed by atoms with Gasteiger partial charge in [0.05, 0.1) is 13.2 Å². The van der Waals surface area contributed by atoms with Crippen molar-refractivity contribution in [1.82, 2.24) is 14.9 Å². The van der Waals surface area contributed by atoms with E-state index >= 15 is 0 Å². The van der Waals surface area contributed by atoms with Crippen LogP contribution in [0.25, 0.3) is 0 Å². The molecule has 0 aliphatic carbocycles. The lowest BCUT2D eigenvalue weighted by Crippen LogP contribution is -2.39. The van der Waals surface area contributed by atoms with Gasteiger partial charge in [0.25, 0.3) is 0 Å². The zero-order chi connectivity index (χ0) is 16.8. The van der Waals surface area contributed by atoms with E-state index in [-0.39, 0.29) is 0 Å². The largest absolute Gasteiger partial charge is 0.379 e. The molecule has 128 valence electrons. The molecule has 3 rings (SSSR count). The molecule has 0 amide bonds. The number of ether oxygens (including phenoxy) is 1. The summed E-state index contributed by atoms with van der Waals surface area (Å²) in [5, 5.41) is 6.71. The van der Waals surface area contributed by atoms with Crippen molar-refractivity contribution in [2.75, 3.05) is 50.0 Å². The molecule has 0 bridgehead atoms. The van der Waals surface area contributed by atoms with Crippen LogP contribution in [0.2, 0.25) is 0 Å². The summed E-state index contributed by atoms with van der Waals surface area (Å²) in [5.41, 5.74) is 3.51. The third-order valence-electron chi connectivity index (χ3n) is 4.00. The fourth-order valence-corrected chi connectivity index (χ4v) is 2.88. The highest BCUT2D eigenvalue weighted by atomic mass is 16.5. The first-order chi connectivity index (χ1) is 11.7. The van der Waals surface area contributed by atoms with Crippen LogP contribution in [0, 0.1) is 13.8 Å². The van der Waals surface area contributed by atoms with Gasteiger partial charge in [-0.1, -0.05) is 6.07 Å². The van der Waals surface area contributed by atoms with E-state index in [2.05, 4.69) is 57.5 Å². The minimum Gasteiger partial charge on any atom is -0.379 e. The SMILES string of the molecule is Cc1cc(C)cc(Nc2cc(NCCN3CCOCC3)ncn2)c1. The molecule has 0 atom stereocenters. The van der Waals surface area contributed by atoms with E-state index in [1.54, 1.807) is 6.33 Å². The van der Waals surface area contributed by atoms with E-state index in [9.17, 15) is 0 Å². The maximum Gasteiger partial charge on any atom is 0.135 e. The number of benzene rings is 1. The predicted octanol–water partition coefficient (Wildman–Crippen LogP) is 2.58. The van der Waals surface area contributed by atoms with Gasteiger partial charge in [-0.3, -0.25) is 4.90 Å². The molecular formula is C18H25N5O. The van der Waals surface area contributed by atoms with Crippen LogP contribution in [0.5, 0.6) is 0 Å². The number of rotatable bonds is 6. The molecule has 0 radical (unpaired) electrons. The molecule has 6 nitrogen and oxygen atoms in total. The first-order valence-corrected chi connectivity index (χ1v) is 8.40. The molecule has 1 fully saturated rings. The molecule has 1 aliphatic heterocycles. The molecule has 6 heteroatoms. The maximum absolute atomic E-state index is 5.36. The van der Waals surface area contributed by atoms with E-state index < -0.39 is 0 Å². The molecule has 2 aromatic rings. The van der Waals surface area contributed by atoms with E-state index in [4.69, 9.17) is 4.74 Å². The summed E-state index contributed by atoms with van der Waals surface area (Å²) in [7, 11) is 0. The van der Waals surface area contributed by atoms with Crippen LogP contribution in [0.4, 0.5) is 17.3 Å². The van der Waals surface area contributed by atoms with Gasteiger partial charge in [-0.15, -0.1) is 0 Å². The standard InChI is InChI=1S/C18H25N5O/c1-14-9-15(2)11-16(10-14)22-18-12-17(20-13-21-18)19-3-4-23-5-7-24-8-6-23/h9-13H,3-8H2,1-2H3,(H2,19,20,21,22).